The highest BCUT2D eigenvalue weighted by atomic mass is 19.1. The Morgan fingerprint density at radius 1 is 1.29 bits per heavy atom. The highest BCUT2D eigenvalue weighted by molar-refractivity contribution is 5.94. The van der Waals surface area contributed by atoms with Gasteiger partial charge in [-0.05, 0) is 51.5 Å². The lowest BCUT2D eigenvalue weighted by Crippen LogP contribution is -2.57. The fourth-order valence-corrected chi connectivity index (χ4v) is 5.05. The number of nitrogens with zero attached hydrogens (tertiary/aromatic N) is 5. The van der Waals surface area contributed by atoms with Crippen molar-refractivity contribution in [2.75, 3.05) is 11.9 Å². The molecule has 1 aliphatic carbocycles. The summed E-state index contributed by atoms with van der Waals surface area (Å²) in [6.45, 7) is 7.73. The summed E-state index contributed by atoms with van der Waals surface area (Å²) >= 11 is 0. The van der Waals surface area contributed by atoms with Gasteiger partial charge in [0.15, 0.2) is 0 Å². The number of aromatic amines is 1. The molecular weight excluding hydrogens is 437 g/mol. The Kier molecular flexibility index (Phi) is 5.20. The van der Waals surface area contributed by atoms with Gasteiger partial charge in [0.05, 0.1) is 41.4 Å². The molecular formula is C24H32FN7O2. The van der Waals surface area contributed by atoms with E-state index in [4.69, 9.17) is 0 Å². The zero-order chi connectivity index (χ0) is 24.3. The lowest BCUT2D eigenvalue weighted by molar-refractivity contribution is -0.0728. The number of piperidine rings is 1. The van der Waals surface area contributed by atoms with E-state index < -0.39 is 11.3 Å². The molecule has 1 spiro atoms. The number of anilines is 1. The lowest BCUT2D eigenvalue weighted by atomic mass is 9.77. The van der Waals surface area contributed by atoms with Crippen LogP contribution in [0.5, 0.6) is 0 Å². The zero-order valence-electron chi connectivity index (χ0n) is 20.1. The summed E-state index contributed by atoms with van der Waals surface area (Å²) in [5.74, 6) is 0.146. The summed E-state index contributed by atoms with van der Waals surface area (Å²) in [6.07, 6.45) is 7.89. The first-order valence-corrected chi connectivity index (χ1v) is 11.8. The maximum absolute atomic E-state index is 14.2. The highest BCUT2D eigenvalue weighted by Crippen LogP contribution is 2.53. The molecule has 0 unspecified atom stereocenters. The minimum Gasteiger partial charge on any atom is -0.389 e. The molecule has 0 aromatic carbocycles. The minimum absolute atomic E-state index is 0.117. The number of hydrogen-bond acceptors (Lipinski definition) is 5. The lowest BCUT2D eigenvalue weighted by Gasteiger charge is -2.46. The van der Waals surface area contributed by atoms with Crippen molar-refractivity contribution >= 4 is 22.6 Å². The largest absolute Gasteiger partial charge is 0.389 e. The number of pyridine rings is 1. The van der Waals surface area contributed by atoms with Crippen molar-refractivity contribution in [2.24, 2.45) is 5.92 Å². The molecule has 4 heterocycles. The van der Waals surface area contributed by atoms with Gasteiger partial charge in [0.2, 0.25) is 0 Å². The number of aliphatic hydroxyl groups is 1. The number of hydrogen-bond donors (Lipinski definition) is 3. The number of alkyl halides is 1. The Morgan fingerprint density at radius 3 is 2.74 bits per heavy atom. The fourth-order valence-electron chi connectivity index (χ4n) is 5.05. The number of halogens is 1. The van der Waals surface area contributed by atoms with Crippen molar-refractivity contribution in [1.29, 1.82) is 0 Å². The second kappa shape index (κ2) is 7.76. The molecule has 9 nitrogen and oxygen atoms in total. The van der Waals surface area contributed by atoms with Crippen LogP contribution in [-0.4, -0.2) is 64.4 Å². The predicted octanol–water partition coefficient (Wildman–Crippen LogP) is 4.12. The van der Waals surface area contributed by atoms with E-state index in [9.17, 15) is 14.3 Å². The van der Waals surface area contributed by atoms with Gasteiger partial charge in [0.25, 0.3) is 0 Å². The summed E-state index contributed by atoms with van der Waals surface area (Å²) in [5.41, 5.74) is 0.0109. The maximum atomic E-state index is 14.2. The topological polar surface area (TPSA) is 112 Å². The van der Waals surface area contributed by atoms with Gasteiger partial charge in [-0.25, -0.2) is 9.18 Å². The highest BCUT2D eigenvalue weighted by Gasteiger charge is 2.58. The molecule has 182 valence electrons. The normalized spacial score (nSPS) is 22.0. The average Bonchev–Trinajstić information content (AvgIpc) is 3.17. The van der Waals surface area contributed by atoms with Crippen LogP contribution in [0, 0.1) is 5.92 Å². The molecule has 5 rings (SSSR count). The van der Waals surface area contributed by atoms with E-state index in [1.54, 1.807) is 23.3 Å². The molecule has 2 fully saturated rings. The van der Waals surface area contributed by atoms with E-state index in [0.717, 1.165) is 23.7 Å². The molecule has 1 aliphatic heterocycles. The molecule has 0 radical (unpaired) electrons. The minimum atomic E-state index is -1.41. The van der Waals surface area contributed by atoms with Gasteiger partial charge in [0, 0.05) is 23.7 Å². The first-order chi connectivity index (χ1) is 16.0. The van der Waals surface area contributed by atoms with Crippen molar-refractivity contribution in [3.05, 3.63) is 24.7 Å². The first-order valence-electron chi connectivity index (χ1n) is 11.8. The van der Waals surface area contributed by atoms with E-state index in [-0.39, 0.29) is 24.0 Å². The van der Waals surface area contributed by atoms with Crippen LogP contribution in [0.4, 0.5) is 14.9 Å². The standard InChI is InChI=1S/C24H32FN7O2/c1-15(2)24(34)7-8-31(23(13-24)5-6-23)21(33)29-18-12-27-30-20(18)17-9-19-16(10-26-17)11-28-32(19)14-22(3,4)25/h9-12,15,34H,5-8,13-14H2,1-4H3,(H,27,30)(H,29,33)/t24-/m1/s1. The number of amides is 2. The second-order valence-electron chi connectivity index (χ2n) is 10.8. The number of H-pyrrole nitrogens is 1. The quantitative estimate of drug-likeness (QED) is 0.520. The van der Waals surface area contributed by atoms with Crippen LogP contribution in [-0.2, 0) is 6.54 Å². The molecule has 0 bridgehead atoms. The van der Waals surface area contributed by atoms with Crippen molar-refractivity contribution in [3.8, 4) is 11.4 Å². The Bertz CT molecular complexity index is 1220. The van der Waals surface area contributed by atoms with Gasteiger partial charge in [-0.1, -0.05) is 13.8 Å². The average molecular weight is 470 g/mol. The van der Waals surface area contributed by atoms with Crippen molar-refractivity contribution in [2.45, 2.75) is 76.7 Å². The van der Waals surface area contributed by atoms with E-state index in [1.165, 1.54) is 13.8 Å². The van der Waals surface area contributed by atoms with Crippen LogP contribution >= 0.6 is 0 Å². The van der Waals surface area contributed by atoms with Crippen LogP contribution in [0.3, 0.4) is 0 Å². The molecule has 3 N–H and O–H groups in total. The van der Waals surface area contributed by atoms with Gasteiger partial charge in [-0.3, -0.25) is 14.8 Å². The fraction of sp³-hybridized carbons (Fsp3) is 0.583. The third-order valence-corrected chi connectivity index (χ3v) is 7.31. The number of carbonyl (C=O) groups excluding carboxylic acids is 1. The Labute approximate surface area is 197 Å². The predicted molar refractivity (Wildman–Crippen MR) is 127 cm³/mol. The van der Waals surface area contributed by atoms with Crippen molar-refractivity contribution in [1.82, 2.24) is 29.9 Å². The number of nitrogens with one attached hydrogen (secondary N) is 2. The second-order valence-corrected chi connectivity index (χ2v) is 10.8. The van der Waals surface area contributed by atoms with E-state index in [0.29, 0.717) is 36.5 Å². The number of fused-ring (bicyclic) bond motifs is 1. The first kappa shape index (κ1) is 22.8. The third-order valence-electron chi connectivity index (χ3n) is 7.31. The summed E-state index contributed by atoms with van der Waals surface area (Å²) in [6, 6.07) is 1.62. The molecule has 2 aliphatic rings. The Balaban J connectivity index is 1.38. The summed E-state index contributed by atoms with van der Waals surface area (Å²) in [7, 11) is 0. The molecule has 34 heavy (non-hydrogen) atoms. The van der Waals surface area contributed by atoms with Gasteiger partial charge < -0.3 is 15.3 Å². The zero-order valence-corrected chi connectivity index (χ0v) is 20.1. The van der Waals surface area contributed by atoms with E-state index >= 15 is 0 Å². The Morgan fingerprint density at radius 2 is 2.06 bits per heavy atom. The summed E-state index contributed by atoms with van der Waals surface area (Å²) in [5, 5.41) is 26.2. The molecule has 1 atom stereocenters. The molecule has 10 heteroatoms. The molecule has 2 amide bonds. The van der Waals surface area contributed by atoms with Crippen LogP contribution in [0.1, 0.15) is 53.4 Å². The number of rotatable bonds is 5. The molecule has 1 saturated heterocycles. The van der Waals surface area contributed by atoms with Crippen LogP contribution in [0.15, 0.2) is 24.7 Å². The molecule has 1 saturated carbocycles. The van der Waals surface area contributed by atoms with E-state index in [2.05, 4.69) is 25.6 Å². The third kappa shape index (κ3) is 4.04. The number of urea groups is 1. The Hall–Kier alpha value is -3.01. The van der Waals surface area contributed by atoms with Crippen molar-refractivity contribution in [3.63, 3.8) is 0 Å². The van der Waals surface area contributed by atoms with Crippen LogP contribution in [0.25, 0.3) is 22.3 Å². The van der Waals surface area contributed by atoms with Gasteiger partial charge in [0.1, 0.15) is 11.4 Å². The van der Waals surface area contributed by atoms with Gasteiger partial charge in [-0.2, -0.15) is 10.2 Å². The monoisotopic (exact) mass is 469 g/mol. The number of carbonyl (C=O) groups is 1. The SMILES string of the molecule is CC(C)[C@@]1(O)CCN(C(=O)Nc2cn[nH]c2-c2cc3c(cn2)cnn3CC(C)(C)F)C2(CC2)C1. The number of likely N-dealkylation sites (tertiary alicyclic amines) is 1. The van der Waals surface area contributed by atoms with E-state index in [1.807, 2.05) is 24.8 Å². The maximum Gasteiger partial charge on any atom is 0.322 e. The van der Waals surface area contributed by atoms with Crippen LogP contribution in [0.2, 0.25) is 0 Å². The summed E-state index contributed by atoms with van der Waals surface area (Å²) in [4.78, 5) is 19.7. The smallest absolute Gasteiger partial charge is 0.322 e. The number of aromatic nitrogens is 5. The molecule has 3 aromatic rings. The van der Waals surface area contributed by atoms with Gasteiger partial charge in [-0.15, -0.1) is 0 Å². The molecule has 3 aromatic heterocycles. The van der Waals surface area contributed by atoms with Crippen LogP contribution < -0.4 is 5.32 Å². The van der Waals surface area contributed by atoms with Gasteiger partial charge >= 0.3 is 6.03 Å². The summed E-state index contributed by atoms with van der Waals surface area (Å²) < 4.78 is 15.9. The van der Waals surface area contributed by atoms with Crippen molar-refractivity contribution < 1.29 is 14.3 Å².